The monoisotopic (exact) mass is 440 g/mol. The average molecular weight is 441 g/mol. The summed E-state index contributed by atoms with van der Waals surface area (Å²) < 4.78 is 10.9. The molecule has 2 aromatic rings. The number of thioether (sulfide) groups is 1. The molecule has 1 aliphatic rings. The highest BCUT2D eigenvalue weighted by molar-refractivity contribution is 8.18. The Hall–Kier alpha value is -3.26. The summed E-state index contributed by atoms with van der Waals surface area (Å²) >= 11 is 0.814. The quantitative estimate of drug-likeness (QED) is 0.607. The van der Waals surface area contributed by atoms with E-state index in [9.17, 15) is 14.4 Å². The Bertz CT molecular complexity index is 1000. The van der Waals surface area contributed by atoms with Crippen molar-refractivity contribution in [1.82, 2.24) is 4.90 Å². The van der Waals surface area contributed by atoms with Gasteiger partial charge in [-0.1, -0.05) is 31.2 Å². The number of benzene rings is 2. The highest BCUT2D eigenvalue weighted by Gasteiger charge is 2.36. The zero-order valence-corrected chi connectivity index (χ0v) is 18.4. The summed E-state index contributed by atoms with van der Waals surface area (Å²) in [4.78, 5) is 38.6. The smallest absolute Gasteiger partial charge is 0.294 e. The molecule has 8 heteroatoms. The van der Waals surface area contributed by atoms with Gasteiger partial charge in [-0.15, -0.1) is 0 Å². The number of methoxy groups -OCH3 is 1. The van der Waals surface area contributed by atoms with E-state index in [0.29, 0.717) is 11.4 Å². The zero-order valence-electron chi connectivity index (χ0n) is 17.6. The summed E-state index contributed by atoms with van der Waals surface area (Å²) in [6.07, 6.45) is 2.65. The average Bonchev–Trinajstić information content (AvgIpc) is 3.02. The Labute approximate surface area is 185 Å². The van der Waals surface area contributed by atoms with E-state index in [1.54, 1.807) is 30.3 Å². The number of hydrogen-bond donors (Lipinski definition) is 1. The van der Waals surface area contributed by atoms with Crippen molar-refractivity contribution in [3.63, 3.8) is 0 Å². The molecule has 0 bridgehead atoms. The molecule has 7 nitrogen and oxygen atoms in total. The summed E-state index contributed by atoms with van der Waals surface area (Å²) in [6.45, 7) is 3.67. The number of carbonyl (C=O) groups excluding carboxylic acids is 3. The fraction of sp³-hybridized carbons (Fsp3) is 0.261. The molecule has 3 amide bonds. The zero-order chi connectivity index (χ0) is 22.4. The molecule has 0 radical (unpaired) electrons. The van der Waals surface area contributed by atoms with Crippen LogP contribution in [-0.2, 0) is 9.59 Å². The largest absolute Gasteiger partial charge is 0.495 e. The van der Waals surface area contributed by atoms with Crippen molar-refractivity contribution in [2.45, 2.75) is 26.4 Å². The van der Waals surface area contributed by atoms with E-state index in [1.165, 1.54) is 7.11 Å². The fourth-order valence-electron chi connectivity index (χ4n) is 2.83. The third-order valence-corrected chi connectivity index (χ3v) is 5.55. The summed E-state index contributed by atoms with van der Waals surface area (Å²) in [5.74, 6) is 0.253. The van der Waals surface area contributed by atoms with Gasteiger partial charge < -0.3 is 14.8 Å². The SMILES string of the molecule is CC[C@@H](C)Oc1ccc(/C=C2\SC(=O)N(CC(=O)Nc3ccccc3OC)C2=O)cc1. The van der Waals surface area contributed by atoms with Gasteiger partial charge in [0.25, 0.3) is 11.1 Å². The molecule has 0 spiro atoms. The minimum Gasteiger partial charge on any atom is -0.495 e. The summed E-state index contributed by atoms with van der Waals surface area (Å²) in [7, 11) is 1.50. The lowest BCUT2D eigenvalue weighted by Crippen LogP contribution is -2.36. The second kappa shape index (κ2) is 10.2. The molecular formula is C23H24N2O5S. The van der Waals surface area contributed by atoms with Gasteiger partial charge in [-0.2, -0.15) is 0 Å². The van der Waals surface area contributed by atoms with Gasteiger partial charge in [-0.05, 0) is 61.0 Å². The molecule has 1 saturated heterocycles. The molecule has 0 saturated carbocycles. The van der Waals surface area contributed by atoms with Crippen molar-refractivity contribution in [3.8, 4) is 11.5 Å². The van der Waals surface area contributed by atoms with Crippen LogP contribution in [0.5, 0.6) is 11.5 Å². The van der Waals surface area contributed by atoms with Gasteiger partial charge in [-0.3, -0.25) is 19.3 Å². The van der Waals surface area contributed by atoms with Crippen LogP contribution >= 0.6 is 11.8 Å². The number of rotatable bonds is 8. The Morgan fingerprint density at radius 3 is 2.55 bits per heavy atom. The Kier molecular flexibility index (Phi) is 7.36. The number of para-hydroxylation sites is 2. The number of nitrogens with one attached hydrogen (secondary N) is 1. The first-order valence-corrected chi connectivity index (χ1v) is 10.7. The molecule has 0 aliphatic carbocycles. The number of ether oxygens (including phenoxy) is 2. The Morgan fingerprint density at radius 2 is 1.87 bits per heavy atom. The summed E-state index contributed by atoms with van der Waals surface area (Å²) in [6, 6.07) is 14.2. The Balaban J connectivity index is 1.65. The lowest BCUT2D eigenvalue weighted by atomic mass is 10.2. The molecule has 1 fully saturated rings. The molecule has 1 atom stereocenters. The van der Waals surface area contributed by atoms with Crippen molar-refractivity contribution in [1.29, 1.82) is 0 Å². The van der Waals surface area contributed by atoms with E-state index < -0.39 is 17.1 Å². The minimum atomic E-state index is -0.495. The maximum Gasteiger partial charge on any atom is 0.294 e. The molecule has 2 aromatic carbocycles. The normalized spacial score (nSPS) is 15.8. The third-order valence-electron chi connectivity index (χ3n) is 4.65. The van der Waals surface area contributed by atoms with E-state index in [1.807, 2.05) is 38.1 Å². The number of amides is 3. The third kappa shape index (κ3) is 5.67. The second-order valence-electron chi connectivity index (χ2n) is 6.92. The minimum absolute atomic E-state index is 0.115. The fourth-order valence-corrected chi connectivity index (χ4v) is 3.67. The molecular weight excluding hydrogens is 416 g/mol. The predicted molar refractivity (Wildman–Crippen MR) is 121 cm³/mol. The van der Waals surface area contributed by atoms with Crippen LogP contribution in [-0.4, -0.2) is 41.7 Å². The van der Waals surface area contributed by atoms with Crippen LogP contribution in [0.1, 0.15) is 25.8 Å². The van der Waals surface area contributed by atoms with Gasteiger partial charge in [0.1, 0.15) is 18.0 Å². The van der Waals surface area contributed by atoms with Crippen molar-refractivity contribution in [2.24, 2.45) is 0 Å². The van der Waals surface area contributed by atoms with Gasteiger partial charge >= 0.3 is 0 Å². The molecule has 31 heavy (non-hydrogen) atoms. The molecule has 0 unspecified atom stereocenters. The number of nitrogens with zero attached hydrogens (tertiary/aromatic N) is 1. The number of hydrogen-bond acceptors (Lipinski definition) is 6. The van der Waals surface area contributed by atoms with E-state index >= 15 is 0 Å². The standard InChI is InChI=1S/C23H24N2O5S/c1-4-15(2)30-17-11-9-16(10-12-17)13-20-22(27)25(23(28)31-20)14-21(26)24-18-7-5-6-8-19(18)29-3/h5-13,15H,4,14H2,1-3H3,(H,24,26)/b20-13-/t15-/m1/s1. The van der Waals surface area contributed by atoms with Crippen molar-refractivity contribution in [2.75, 3.05) is 19.0 Å². The first kappa shape index (κ1) is 22.4. The number of carbonyl (C=O) groups is 3. The predicted octanol–water partition coefficient (Wildman–Crippen LogP) is 4.55. The van der Waals surface area contributed by atoms with Crippen molar-refractivity contribution < 1.29 is 23.9 Å². The maximum atomic E-state index is 12.7. The van der Waals surface area contributed by atoms with Crippen LogP contribution in [0.3, 0.4) is 0 Å². The molecule has 3 rings (SSSR count). The van der Waals surface area contributed by atoms with Crippen LogP contribution in [0.15, 0.2) is 53.4 Å². The topological polar surface area (TPSA) is 84.9 Å². The van der Waals surface area contributed by atoms with Crippen LogP contribution in [0, 0.1) is 0 Å². The molecule has 162 valence electrons. The van der Waals surface area contributed by atoms with E-state index in [0.717, 1.165) is 34.4 Å². The van der Waals surface area contributed by atoms with Crippen molar-refractivity contribution >= 4 is 40.6 Å². The molecule has 1 heterocycles. The van der Waals surface area contributed by atoms with Crippen molar-refractivity contribution in [3.05, 3.63) is 59.0 Å². The molecule has 1 N–H and O–H groups in total. The van der Waals surface area contributed by atoms with Crippen LogP contribution in [0.25, 0.3) is 6.08 Å². The van der Waals surface area contributed by atoms with Gasteiger partial charge in [0.05, 0.1) is 23.8 Å². The van der Waals surface area contributed by atoms with E-state index in [4.69, 9.17) is 9.47 Å². The molecule has 0 aromatic heterocycles. The second-order valence-corrected chi connectivity index (χ2v) is 7.92. The van der Waals surface area contributed by atoms with Gasteiger partial charge in [0.15, 0.2) is 0 Å². The van der Waals surface area contributed by atoms with Gasteiger partial charge in [-0.25, -0.2) is 0 Å². The summed E-state index contributed by atoms with van der Waals surface area (Å²) in [5, 5.41) is 2.18. The first-order valence-electron chi connectivity index (χ1n) is 9.86. The highest BCUT2D eigenvalue weighted by Crippen LogP contribution is 2.32. The Morgan fingerprint density at radius 1 is 1.16 bits per heavy atom. The van der Waals surface area contributed by atoms with Crippen LogP contribution in [0.4, 0.5) is 10.5 Å². The van der Waals surface area contributed by atoms with E-state index in [2.05, 4.69) is 5.32 Å². The van der Waals surface area contributed by atoms with Crippen LogP contribution < -0.4 is 14.8 Å². The molecule has 1 aliphatic heterocycles. The lowest BCUT2D eigenvalue weighted by molar-refractivity contribution is -0.127. The van der Waals surface area contributed by atoms with Gasteiger partial charge in [0.2, 0.25) is 5.91 Å². The maximum absolute atomic E-state index is 12.7. The van der Waals surface area contributed by atoms with Crippen LogP contribution in [0.2, 0.25) is 0 Å². The van der Waals surface area contributed by atoms with E-state index in [-0.39, 0.29) is 17.6 Å². The van der Waals surface area contributed by atoms with Gasteiger partial charge in [0, 0.05) is 0 Å². The highest BCUT2D eigenvalue weighted by atomic mass is 32.2. The first-order chi connectivity index (χ1) is 14.9. The summed E-state index contributed by atoms with van der Waals surface area (Å²) in [5.41, 5.74) is 1.23. The number of anilines is 1. The lowest BCUT2D eigenvalue weighted by Gasteiger charge is -2.14. The number of imide groups is 1.